The zero-order valence-electron chi connectivity index (χ0n) is 11.8. The summed E-state index contributed by atoms with van der Waals surface area (Å²) in [4.78, 5) is 19.3. The Morgan fingerprint density at radius 3 is 2.89 bits per heavy atom. The lowest BCUT2D eigenvalue weighted by Gasteiger charge is -2.20. The monoisotopic (exact) mass is 281 g/mol. The number of hydrogen-bond donors (Lipinski definition) is 1. The first kappa shape index (κ1) is 14.3. The highest BCUT2D eigenvalue weighted by molar-refractivity contribution is 7.17. The molecule has 19 heavy (non-hydrogen) atoms. The Kier molecular flexibility index (Phi) is 4.80. The van der Waals surface area contributed by atoms with Gasteiger partial charge in [0, 0.05) is 13.1 Å². The van der Waals surface area contributed by atoms with Gasteiger partial charge < -0.3 is 10.6 Å². The lowest BCUT2D eigenvalue weighted by atomic mass is 9.96. The Bertz CT molecular complexity index is 444. The van der Waals surface area contributed by atoms with Crippen LogP contribution in [0.4, 0.5) is 5.13 Å². The summed E-state index contributed by atoms with van der Waals surface area (Å²) in [6, 6.07) is 0. The van der Waals surface area contributed by atoms with E-state index in [1.54, 1.807) is 0 Å². The summed E-state index contributed by atoms with van der Waals surface area (Å²) < 4.78 is 0. The predicted molar refractivity (Wildman–Crippen MR) is 79.4 cm³/mol. The topological polar surface area (TPSA) is 59.2 Å². The number of aromatic nitrogens is 1. The fourth-order valence-corrected chi connectivity index (χ4v) is 3.63. The molecule has 2 rings (SSSR count). The molecule has 1 fully saturated rings. The van der Waals surface area contributed by atoms with Crippen LogP contribution >= 0.6 is 11.3 Å². The number of thiazole rings is 1. The van der Waals surface area contributed by atoms with Crippen molar-refractivity contribution in [3.05, 3.63) is 10.6 Å². The highest BCUT2D eigenvalue weighted by Crippen LogP contribution is 2.26. The third-order valence-corrected chi connectivity index (χ3v) is 4.81. The standard InChI is InChI=1S/C14H23N3OS/c1-3-5-11-6-4-8-17(9-7-11)13(18)12-10(2)16-14(15)19-12/h11H,3-9H2,1-2H3,(H2,15,16). The minimum atomic E-state index is 0.115. The van der Waals surface area contributed by atoms with Crippen molar-refractivity contribution < 1.29 is 4.79 Å². The number of nitrogen functional groups attached to an aromatic ring is 1. The first-order chi connectivity index (χ1) is 9.11. The van der Waals surface area contributed by atoms with E-state index in [-0.39, 0.29) is 5.91 Å². The molecule has 0 saturated carbocycles. The Balaban J connectivity index is 2.02. The average Bonchev–Trinajstić information content (AvgIpc) is 2.59. The van der Waals surface area contributed by atoms with Gasteiger partial charge in [-0.25, -0.2) is 4.98 Å². The van der Waals surface area contributed by atoms with Gasteiger partial charge in [0.15, 0.2) is 5.13 Å². The minimum Gasteiger partial charge on any atom is -0.375 e. The molecule has 0 aliphatic carbocycles. The molecule has 1 aliphatic heterocycles. The summed E-state index contributed by atoms with van der Waals surface area (Å²) in [6.07, 6.45) is 6.02. The van der Waals surface area contributed by atoms with Crippen LogP contribution in [0.25, 0.3) is 0 Å². The largest absolute Gasteiger partial charge is 0.375 e. The molecule has 4 nitrogen and oxygen atoms in total. The second-order valence-electron chi connectivity index (χ2n) is 5.34. The molecule has 1 aromatic heterocycles. The number of likely N-dealkylation sites (tertiary alicyclic amines) is 1. The number of nitrogens with zero attached hydrogens (tertiary/aromatic N) is 2. The van der Waals surface area contributed by atoms with Gasteiger partial charge in [-0.2, -0.15) is 0 Å². The molecule has 2 heterocycles. The maximum atomic E-state index is 12.5. The number of hydrogen-bond acceptors (Lipinski definition) is 4. The SMILES string of the molecule is CCCC1CCCN(C(=O)c2sc(N)nc2C)CC1. The summed E-state index contributed by atoms with van der Waals surface area (Å²) in [5.74, 6) is 0.902. The zero-order valence-corrected chi connectivity index (χ0v) is 12.6. The summed E-state index contributed by atoms with van der Waals surface area (Å²) >= 11 is 1.31. The number of rotatable bonds is 3. The van der Waals surface area contributed by atoms with E-state index in [1.165, 1.54) is 30.6 Å². The highest BCUT2D eigenvalue weighted by atomic mass is 32.1. The summed E-state index contributed by atoms with van der Waals surface area (Å²) in [5, 5.41) is 0.486. The molecule has 0 bridgehead atoms. The molecule has 1 saturated heterocycles. The van der Waals surface area contributed by atoms with Gasteiger partial charge >= 0.3 is 0 Å². The molecule has 106 valence electrons. The lowest BCUT2D eigenvalue weighted by molar-refractivity contribution is 0.0763. The van der Waals surface area contributed by atoms with Crippen LogP contribution in [0, 0.1) is 12.8 Å². The first-order valence-electron chi connectivity index (χ1n) is 7.14. The van der Waals surface area contributed by atoms with Gasteiger partial charge in [0.05, 0.1) is 5.69 Å². The van der Waals surface area contributed by atoms with Crippen LogP contribution in [-0.2, 0) is 0 Å². The van der Waals surface area contributed by atoms with Crippen molar-refractivity contribution in [3.8, 4) is 0 Å². The molecular weight excluding hydrogens is 258 g/mol. The number of anilines is 1. The highest BCUT2D eigenvalue weighted by Gasteiger charge is 2.24. The maximum absolute atomic E-state index is 12.5. The van der Waals surface area contributed by atoms with Gasteiger partial charge in [-0.3, -0.25) is 4.79 Å². The number of carbonyl (C=O) groups excluding carboxylic acids is 1. The third kappa shape index (κ3) is 3.47. The molecule has 0 aromatic carbocycles. The van der Waals surface area contributed by atoms with Gasteiger partial charge in [0.2, 0.25) is 0 Å². The second kappa shape index (κ2) is 6.37. The van der Waals surface area contributed by atoms with Crippen LogP contribution in [-0.4, -0.2) is 28.9 Å². The van der Waals surface area contributed by atoms with E-state index in [1.807, 2.05) is 11.8 Å². The number of amides is 1. The van der Waals surface area contributed by atoms with E-state index >= 15 is 0 Å². The minimum absolute atomic E-state index is 0.115. The van der Waals surface area contributed by atoms with E-state index < -0.39 is 0 Å². The molecule has 1 aromatic rings. The van der Waals surface area contributed by atoms with E-state index in [0.29, 0.717) is 10.0 Å². The first-order valence-corrected chi connectivity index (χ1v) is 7.95. The Hall–Kier alpha value is -1.10. The Morgan fingerprint density at radius 2 is 2.26 bits per heavy atom. The van der Waals surface area contributed by atoms with Gasteiger partial charge in [-0.05, 0) is 32.1 Å². The molecule has 1 aliphatic rings. The van der Waals surface area contributed by atoms with Crippen molar-refractivity contribution in [2.75, 3.05) is 18.8 Å². The van der Waals surface area contributed by atoms with Gasteiger partial charge in [-0.1, -0.05) is 31.1 Å². The van der Waals surface area contributed by atoms with Crippen molar-refractivity contribution in [3.63, 3.8) is 0 Å². The van der Waals surface area contributed by atoms with Crippen LogP contribution in [0.2, 0.25) is 0 Å². The summed E-state index contributed by atoms with van der Waals surface area (Å²) in [7, 11) is 0. The van der Waals surface area contributed by atoms with Crippen molar-refractivity contribution in [1.29, 1.82) is 0 Å². The summed E-state index contributed by atoms with van der Waals surface area (Å²) in [5.41, 5.74) is 6.44. The van der Waals surface area contributed by atoms with Crippen LogP contribution in [0.1, 0.15) is 54.4 Å². The molecule has 1 unspecified atom stereocenters. The fraction of sp³-hybridized carbons (Fsp3) is 0.714. The van der Waals surface area contributed by atoms with Crippen LogP contribution in [0.3, 0.4) is 0 Å². The Morgan fingerprint density at radius 1 is 1.47 bits per heavy atom. The van der Waals surface area contributed by atoms with Gasteiger partial charge in [0.25, 0.3) is 5.91 Å². The maximum Gasteiger partial charge on any atom is 0.265 e. The van der Waals surface area contributed by atoms with Gasteiger partial charge in [-0.15, -0.1) is 0 Å². The molecule has 0 spiro atoms. The smallest absolute Gasteiger partial charge is 0.265 e. The Labute approximate surface area is 119 Å². The third-order valence-electron chi connectivity index (χ3n) is 3.84. The van der Waals surface area contributed by atoms with E-state index in [2.05, 4.69) is 11.9 Å². The van der Waals surface area contributed by atoms with Gasteiger partial charge in [0.1, 0.15) is 4.88 Å². The number of aryl methyl sites for hydroxylation is 1. The molecule has 5 heteroatoms. The fourth-order valence-electron chi connectivity index (χ4n) is 2.82. The normalized spacial score (nSPS) is 20.3. The van der Waals surface area contributed by atoms with E-state index in [0.717, 1.165) is 37.5 Å². The second-order valence-corrected chi connectivity index (χ2v) is 6.38. The van der Waals surface area contributed by atoms with Crippen LogP contribution in [0.5, 0.6) is 0 Å². The molecule has 1 atom stereocenters. The average molecular weight is 281 g/mol. The van der Waals surface area contributed by atoms with Crippen molar-refractivity contribution in [2.45, 2.75) is 46.0 Å². The van der Waals surface area contributed by atoms with Crippen molar-refractivity contribution in [2.24, 2.45) is 5.92 Å². The molecular formula is C14H23N3OS. The number of carbonyl (C=O) groups is 1. The van der Waals surface area contributed by atoms with Crippen LogP contribution < -0.4 is 5.73 Å². The van der Waals surface area contributed by atoms with Crippen LogP contribution in [0.15, 0.2) is 0 Å². The van der Waals surface area contributed by atoms with Crippen molar-refractivity contribution >= 4 is 22.4 Å². The summed E-state index contributed by atoms with van der Waals surface area (Å²) in [6.45, 7) is 5.84. The lowest BCUT2D eigenvalue weighted by Crippen LogP contribution is -2.31. The molecule has 1 amide bonds. The molecule has 2 N–H and O–H groups in total. The zero-order chi connectivity index (χ0) is 13.8. The van der Waals surface area contributed by atoms with E-state index in [4.69, 9.17) is 5.73 Å². The van der Waals surface area contributed by atoms with E-state index in [9.17, 15) is 4.79 Å². The van der Waals surface area contributed by atoms with Crippen molar-refractivity contribution in [1.82, 2.24) is 9.88 Å². The number of nitrogens with two attached hydrogens (primary N) is 1. The predicted octanol–water partition coefficient (Wildman–Crippen LogP) is 3.08. The quantitative estimate of drug-likeness (QED) is 0.926. The molecule has 0 radical (unpaired) electrons.